The molecule has 0 atom stereocenters. The van der Waals surface area contributed by atoms with Crippen LogP contribution in [0.25, 0.3) is 0 Å². The molecule has 0 bridgehead atoms. The minimum Gasteiger partial charge on any atom is -0.378 e. The van der Waals surface area contributed by atoms with Crippen molar-refractivity contribution < 1.29 is 4.74 Å². The summed E-state index contributed by atoms with van der Waals surface area (Å²) in [5.74, 6) is 3.09. The van der Waals surface area contributed by atoms with E-state index in [4.69, 9.17) is 10.5 Å². The van der Waals surface area contributed by atoms with E-state index < -0.39 is 0 Å². The molecule has 4 nitrogen and oxygen atoms in total. The molecule has 1 heterocycles. The Morgan fingerprint density at radius 1 is 1.10 bits per heavy atom. The van der Waals surface area contributed by atoms with Crippen LogP contribution in [-0.2, 0) is 4.74 Å². The van der Waals surface area contributed by atoms with Crippen LogP contribution >= 0.6 is 11.8 Å². The Balaban J connectivity index is 1.45. The first-order valence-corrected chi connectivity index (χ1v) is 9.76. The van der Waals surface area contributed by atoms with E-state index >= 15 is 0 Å². The molecular formula is C16H31N3OS. The van der Waals surface area contributed by atoms with Gasteiger partial charge in [0.05, 0.1) is 6.10 Å². The van der Waals surface area contributed by atoms with E-state index in [2.05, 4.69) is 9.89 Å². The van der Waals surface area contributed by atoms with Gasteiger partial charge in [-0.05, 0) is 32.1 Å². The Labute approximate surface area is 133 Å². The molecular weight excluding hydrogens is 282 g/mol. The molecule has 0 aromatic carbocycles. The Kier molecular flexibility index (Phi) is 8.33. The highest BCUT2D eigenvalue weighted by Gasteiger charge is 2.13. The number of ether oxygens (including phenoxy) is 1. The standard InChI is InChI=1S/C16H31N3OS/c17-16(19-10-13-21-14-11-19)18-9-5-2-6-12-20-15-7-3-1-4-8-15/h15H,1-14H2,(H2,17,18). The summed E-state index contributed by atoms with van der Waals surface area (Å²) in [6.07, 6.45) is 10.7. The molecule has 1 aliphatic heterocycles. The number of thioether (sulfide) groups is 1. The van der Waals surface area contributed by atoms with Gasteiger partial charge in [0.2, 0.25) is 0 Å². The normalized spacial score (nSPS) is 21.7. The Hall–Kier alpha value is -0.420. The summed E-state index contributed by atoms with van der Waals surface area (Å²) in [7, 11) is 0. The Morgan fingerprint density at radius 3 is 2.62 bits per heavy atom. The van der Waals surface area contributed by atoms with E-state index in [9.17, 15) is 0 Å². The summed E-state index contributed by atoms with van der Waals surface area (Å²) in [5.41, 5.74) is 6.03. The summed E-state index contributed by atoms with van der Waals surface area (Å²) in [6, 6.07) is 0. The SMILES string of the molecule is NC(=NCCCCCOC1CCCCC1)N1CCSCC1. The number of nitrogens with two attached hydrogens (primary N) is 1. The quantitative estimate of drug-likeness (QED) is 0.446. The van der Waals surface area contributed by atoms with Crippen molar-refractivity contribution in [2.75, 3.05) is 37.7 Å². The van der Waals surface area contributed by atoms with Gasteiger partial charge in [0, 0.05) is 37.7 Å². The van der Waals surface area contributed by atoms with Gasteiger partial charge in [-0.15, -0.1) is 0 Å². The lowest BCUT2D eigenvalue weighted by Gasteiger charge is -2.27. The van der Waals surface area contributed by atoms with Crippen LogP contribution in [0, 0.1) is 0 Å². The average Bonchev–Trinajstić information content (AvgIpc) is 2.55. The number of hydrogen-bond acceptors (Lipinski definition) is 3. The summed E-state index contributed by atoms with van der Waals surface area (Å²) in [4.78, 5) is 6.72. The molecule has 0 amide bonds. The van der Waals surface area contributed by atoms with Gasteiger partial charge in [0.15, 0.2) is 5.96 Å². The minimum absolute atomic E-state index is 0.546. The zero-order valence-corrected chi connectivity index (χ0v) is 14.1. The molecule has 0 aromatic heterocycles. The number of rotatable bonds is 7. The van der Waals surface area contributed by atoms with Gasteiger partial charge in [-0.2, -0.15) is 11.8 Å². The van der Waals surface area contributed by atoms with Gasteiger partial charge in [-0.3, -0.25) is 4.99 Å². The van der Waals surface area contributed by atoms with E-state index in [0.29, 0.717) is 6.10 Å². The maximum Gasteiger partial charge on any atom is 0.191 e. The van der Waals surface area contributed by atoms with Crippen molar-refractivity contribution >= 4 is 17.7 Å². The lowest BCUT2D eigenvalue weighted by molar-refractivity contribution is 0.0264. The highest BCUT2D eigenvalue weighted by atomic mass is 32.2. The molecule has 21 heavy (non-hydrogen) atoms. The number of hydrogen-bond donors (Lipinski definition) is 1. The maximum absolute atomic E-state index is 6.03. The highest BCUT2D eigenvalue weighted by Crippen LogP contribution is 2.20. The minimum atomic E-state index is 0.546. The van der Waals surface area contributed by atoms with Crippen LogP contribution in [-0.4, -0.2) is 54.7 Å². The van der Waals surface area contributed by atoms with E-state index in [1.807, 2.05) is 11.8 Å². The molecule has 1 saturated heterocycles. The number of guanidine groups is 1. The first-order valence-electron chi connectivity index (χ1n) is 8.60. The molecule has 5 heteroatoms. The third kappa shape index (κ3) is 6.92. The van der Waals surface area contributed by atoms with Gasteiger partial charge in [0.1, 0.15) is 0 Å². The molecule has 2 fully saturated rings. The zero-order valence-electron chi connectivity index (χ0n) is 13.3. The fourth-order valence-corrected chi connectivity index (χ4v) is 3.86. The number of nitrogens with zero attached hydrogens (tertiary/aromatic N) is 2. The lowest BCUT2D eigenvalue weighted by Crippen LogP contribution is -2.42. The van der Waals surface area contributed by atoms with Gasteiger partial charge in [-0.25, -0.2) is 0 Å². The largest absolute Gasteiger partial charge is 0.378 e. The van der Waals surface area contributed by atoms with Crippen LogP contribution in [0.4, 0.5) is 0 Å². The molecule has 0 aromatic rings. The number of unbranched alkanes of at least 4 members (excludes halogenated alkanes) is 2. The van der Waals surface area contributed by atoms with Crippen LogP contribution in [0.5, 0.6) is 0 Å². The first kappa shape index (κ1) is 16.9. The maximum atomic E-state index is 6.03. The highest BCUT2D eigenvalue weighted by molar-refractivity contribution is 7.99. The molecule has 0 radical (unpaired) electrons. The molecule has 0 spiro atoms. The van der Waals surface area contributed by atoms with Crippen molar-refractivity contribution in [1.29, 1.82) is 0 Å². The van der Waals surface area contributed by atoms with E-state index in [1.54, 1.807) is 0 Å². The second-order valence-corrected chi connectivity index (χ2v) is 7.26. The third-order valence-electron chi connectivity index (χ3n) is 4.32. The van der Waals surface area contributed by atoms with E-state index in [-0.39, 0.29) is 0 Å². The molecule has 1 saturated carbocycles. The van der Waals surface area contributed by atoms with Crippen molar-refractivity contribution in [2.24, 2.45) is 10.7 Å². The lowest BCUT2D eigenvalue weighted by atomic mass is 9.98. The second kappa shape index (κ2) is 10.3. The average molecular weight is 314 g/mol. The molecule has 2 rings (SSSR count). The predicted octanol–water partition coefficient (Wildman–Crippen LogP) is 2.87. The molecule has 2 aliphatic rings. The Bertz CT molecular complexity index is 300. The summed E-state index contributed by atoms with van der Waals surface area (Å²) in [5, 5.41) is 0. The fourth-order valence-electron chi connectivity index (χ4n) is 2.96. The van der Waals surface area contributed by atoms with Crippen LogP contribution in [0.3, 0.4) is 0 Å². The zero-order chi connectivity index (χ0) is 14.8. The Morgan fingerprint density at radius 2 is 1.86 bits per heavy atom. The van der Waals surface area contributed by atoms with Crippen molar-refractivity contribution in [1.82, 2.24) is 4.90 Å². The van der Waals surface area contributed by atoms with Crippen LogP contribution in [0.15, 0.2) is 4.99 Å². The smallest absolute Gasteiger partial charge is 0.191 e. The second-order valence-electron chi connectivity index (χ2n) is 6.03. The molecule has 0 unspecified atom stereocenters. The van der Waals surface area contributed by atoms with Gasteiger partial charge in [0.25, 0.3) is 0 Å². The third-order valence-corrected chi connectivity index (χ3v) is 5.26. The fraction of sp³-hybridized carbons (Fsp3) is 0.938. The molecule has 2 N–H and O–H groups in total. The number of aliphatic imine (C=N–C) groups is 1. The topological polar surface area (TPSA) is 50.9 Å². The van der Waals surface area contributed by atoms with Crippen molar-refractivity contribution in [2.45, 2.75) is 57.5 Å². The van der Waals surface area contributed by atoms with Gasteiger partial charge < -0.3 is 15.4 Å². The van der Waals surface area contributed by atoms with E-state index in [1.165, 1.54) is 50.0 Å². The van der Waals surface area contributed by atoms with Gasteiger partial charge >= 0.3 is 0 Å². The van der Waals surface area contributed by atoms with Crippen LogP contribution in [0.2, 0.25) is 0 Å². The van der Waals surface area contributed by atoms with Crippen LogP contribution in [0.1, 0.15) is 51.4 Å². The van der Waals surface area contributed by atoms with Gasteiger partial charge in [-0.1, -0.05) is 19.3 Å². The predicted molar refractivity (Wildman–Crippen MR) is 92.1 cm³/mol. The first-order chi connectivity index (χ1) is 10.4. The summed E-state index contributed by atoms with van der Waals surface area (Å²) < 4.78 is 5.93. The van der Waals surface area contributed by atoms with Crippen molar-refractivity contribution in [3.63, 3.8) is 0 Å². The summed E-state index contributed by atoms with van der Waals surface area (Å²) >= 11 is 2.00. The summed E-state index contributed by atoms with van der Waals surface area (Å²) in [6.45, 7) is 3.89. The van der Waals surface area contributed by atoms with Crippen molar-refractivity contribution in [3.05, 3.63) is 0 Å². The molecule has 122 valence electrons. The monoisotopic (exact) mass is 313 g/mol. The van der Waals surface area contributed by atoms with E-state index in [0.717, 1.165) is 45.0 Å². The molecule has 1 aliphatic carbocycles. The van der Waals surface area contributed by atoms with Crippen LogP contribution < -0.4 is 5.73 Å². The van der Waals surface area contributed by atoms with Crippen molar-refractivity contribution in [3.8, 4) is 0 Å².